The Hall–Kier alpha value is -1.67. The number of carbonyl (C=O) groups is 3. The third-order valence-corrected chi connectivity index (χ3v) is 3.88. The van der Waals surface area contributed by atoms with E-state index < -0.39 is 34.8 Å². The lowest BCUT2D eigenvalue weighted by molar-refractivity contribution is -0.205. The summed E-state index contributed by atoms with van der Waals surface area (Å²) in [5, 5.41) is 45.7. The summed E-state index contributed by atoms with van der Waals surface area (Å²) >= 11 is 0. The van der Waals surface area contributed by atoms with E-state index in [0.717, 1.165) is 0 Å². The van der Waals surface area contributed by atoms with Gasteiger partial charge in [-0.2, -0.15) is 0 Å². The summed E-state index contributed by atoms with van der Waals surface area (Å²) in [7, 11) is 0. The molecule has 0 aliphatic rings. The second-order valence-electron chi connectivity index (χ2n) is 4.78. The summed E-state index contributed by atoms with van der Waals surface area (Å²) in [6.07, 6.45) is -0.565. The number of hydrogen-bond acceptors (Lipinski definition) is 5. The fourth-order valence-electron chi connectivity index (χ4n) is 2.59. The minimum atomic E-state index is -2.86. The van der Waals surface area contributed by atoms with Gasteiger partial charge in [0, 0.05) is 6.61 Å². The van der Waals surface area contributed by atoms with Crippen LogP contribution in [-0.2, 0) is 14.4 Å². The Balaban J connectivity index is 0. The molecule has 0 fully saturated rings. The van der Waals surface area contributed by atoms with E-state index in [1.165, 1.54) is 20.8 Å². The van der Waals surface area contributed by atoms with Crippen molar-refractivity contribution >= 4 is 17.9 Å². The van der Waals surface area contributed by atoms with Gasteiger partial charge in [0.15, 0.2) is 5.60 Å². The zero-order valence-electron chi connectivity index (χ0n) is 13.4. The first-order valence-electron chi connectivity index (χ1n) is 7.09. The van der Waals surface area contributed by atoms with Crippen LogP contribution in [0.25, 0.3) is 0 Å². The summed E-state index contributed by atoms with van der Waals surface area (Å²) < 4.78 is 0. The first kappa shape index (κ1) is 22.6. The van der Waals surface area contributed by atoms with E-state index in [-0.39, 0.29) is 25.9 Å². The molecule has 130 valence electrons. The molecular weight excluding hydrogens is 296 g/mol. The predicted molar refractivity (Wildman–Crippen MR) is 77.4 cm³/mol. The van der Waals surface area contributed by atoms with Crippen LogP contribution in [0.1, 0.15) is 47.0 Å². The highest BCUT2D eigenvalue weighted by molar-refractivity contribution is 5.93. The maximum Gasteiger partial charge on any atom is 0.337 e. The van der Waals surface area contributed by atoms with Gasteiger partial charge in [0.25, 0.3) is 0 Å². The summed E-state index contributed by atoms with van der Waals surface area (Å²) in [6.45, 7) is 6.16. The van der Waals surface area contributed by atoms with Gasteiger partial charge in [0.1, 0.15) is 5.41 Å². The zero-order valence-corrected chi connectivity index (χ0v) is 13.4. The molecule has 8 nitrogen and oxygen atoms in total. The van der Waals surface area contributed by atoms with Crippen molar-refractivity contribution in [2.45, 2.75) is 52.6 Å². The van der Waals surface area contributed by atoms with Gasteiger partial charge in [-0.05, 0) is 26.2 Å². The van der Waals surface area contributed by atoms with Crippen LogP contribution in [0.5, 0.6) is 0 Å². The summed E-state index contributed by atoms with van der Waals surface area (Å²) in [5.74, 6) is -6.56. The Labute approximate surface area is 129 Å². The Morgan fingerprint density at radius 3 is 1.41 bits per heavy atom. The molecule has 0 saturated heterocycles. The molecule has 0 aliphatic heterocycles. The number of carboxylic acids is 3. The molecule has 0 amide bonds. The van der Waals surface area contributed by atoms with Crippen molar-refractivity contribution in [3.63, 3.8) is 0 Å². The molecule has 0 aromatic carbocycles. The van der Waals surface area contributed by atoms with Crippen LogP contribution in [0.15, 0.2) is 0 Å². The smallest absolute Gasteiger partial charge is 0.337 e. The number of aliphatic hydroxyl groups excluding tert-OH is 1. The van der Waals surface area contributed by atoms with E-state index in [0.29, 0.717) is 0 Å². The van der Waals surface area contributed by atoms with E-state index in [1.807, 2.05) is 0 Å². The second kappa shape index (κ2) is 9.37. The Kier molecular flexibility index (Phi) is 9.63. The van der Waals surface area contributed by atoms with Crippen molar-refractivity contribution in [3.05, 3.63) is 0 Å². The molecule has 0 saturated carbocycles. The normalized spacial score (nSPS) is 15.0. The molecule has 22 heavy (non-hydrogen) atoms. The van der Waals surface area contributed by atoms with Crippen molar-refractivity contribution in [3.8, 4) is 0 Å². The van der Waals surface area contributed by atoms with Gasteiger partial charge in [-0.1, -0.05) is 20.8 Å². The van der Waals surface area contributed by atoms with Crippen LogP contribution in [0, 0.1) is 11.3 Å². The molecule has 0 spiro atoms. The van der Waals surface area contributed by atoms with Crippen LogP contribution >= 0.6 is 0 Å². The standard InChI is InChI=1S/C12H20O7.C2H6O/c1-4-7(8(13)14)12(19,10(17)18)11(5-2,6-3)9(15)16;1-2-3/h7,19H,4-6H2,1-3H3,(H,13,14)(H,15,16)(H,17,18);3H,2H2,1H3. The lowest BCUT2D eigenvalue weighted by Crippen LogP contribution is -2.63. The molecule has 2 unspecified atom stereocenters. The minimum absolute atomic E-state index is 0.187. The van der Waals surface area contributed by atoms with Gasteiger partial charge in [0.05, 0.1) is 5.92 Å². The van der Waals surface area contributed by atoms with E-state index in [2.05, 4.69) is 0 Å². The monoisotopic (exact) mass is 322 g/mol. The lowest BCUT2D eigenvalue weighted by atomic mass is 9.61. The molecule has 0 bridgehead atoms. The Morgan fingerprint density at radius 2 is 1.27 bits per heavy atom. The molecule has 0 heterocycles. The largest absolute Gasteiger partial charge is 0.481 e. The highest BCUT2D eigenvalue weighted by Gasteiger charge is 2.64. The molecular formula is C14H26O8. The van der Waals surface area contributed by atoms with Crippen LogP contribution < -0.4 is 0 Å². The average Bonchev–Trinajstić information content (AvgIpc) is 2.41. The topological polar surface area (TPSA) is 152 Å². The van der Waals surface area contributed by atoms with Crippen LogP contribution in [-0.4, -0.2) is 55.6 Å². The van der Waals surface area contributed by atoms with Gasteiger partial charge >= 0.3 is 17.9 Å². The predicted octanol–water partition coefficient (Wildman–Crippen LogP) is 0.802. The van der Waals surface area contributed by atoms with Gasteiger partial charge in [0.2, 0.25) is 0 Å². The first-order valence-corrected chi connectivity index (χ1v) is 7.09. The number of carboxylic acid groups (broad SMARTS) is 3. The Morgan fingerprint density at radius 1 is 0.909 bits per heavy atom. The molecule has 2 atom stereocenters. The quantitative estimate of drug-likeness (QED) is 0.440. The molecule has 8 heteroatoms. The molecule has 0 aromatic heterocycles. The van der Waals surface area contributed by atoms with E-state index >= 15 is 0 Å². The van der Waals surface area contributed by atoms with Gasteiger partial charge in [-0.3, -0.25) is 9.59 Å². The Bertz CT molecular complexity index is 388. The van der Waals surface area contributed by atoms with Crippen molar-refractivity contribution in [1.82, 2.24) is 0 Å². The molecule has 0 radical (unpaired) electrons. The van der Waals surface area contributed by atoms with Gasteiger partial charge in [-0.25, -0.2) is 4.79 Å². The second-order valence-corrected chi connectivity index (χ2v) is 4.78. The SMILES string of the molecule is CCC(C(=O)O)C(O)(C(=O)O)C(CC)(CC)C(=O)O.CCO. The fourth-order valence-corrected chi connectivity index (χ4v) is 2.59. The fraction of sp³-hybridized carbons (Fsp3) is 0.786. The highest BCUT2D eigenvalue weighted by atomic mass is 16.4. The minimum Gasteiger partial charge on any atom is -0.481 e. The molecule has 5 N–H and O–H groups in total. The average molecular weight is 322 g/mol. The molecule has 0 rings (SSSR count). The highest BCUT2D eigenvalue weighted by Crippen LogP contribution is 2.45. The van der Waals surface area contributed by atoms with Crippen LogP contribution in [0.3, 0.4) is 0 Å². The van der Waals surface area contributed by atoms with Crippen molar-refractivity contribution in [2.24, 2.45) is 11.3 Å². The van der Waals surface area contributed by atoms with E-state index in [9.17, 15) is 29.7 Å². The maximum absolute atomic E-state index is 11.5. The number of rotatable bonds is 8. The van der Waals surface area contributed by atoms with Crippen molar-refractivity contribution in [1.29, 1.82) is 0 Å². The summed E-state index contributed by atoms with van der Waals surface area (Å²) in [6, 6.07) is 0. The first-order chi connectivity index (χ1) is 10.1. The summed E-state index contributed by atoms with van der Waals surface area (Å²) in [5.41, 5.74) is -4.90. The van der Waals surface area contributed by atoms with Crippen LogP contribution in [0.4, 0.5) is 0 Å². The van der Waals surface area contributed by atoms with Crippen molar-refractivity contribution < 1.29 is 39.9 Å². The lowest BCUT2D eigenvalue weighted by Gasteiger charge is -2.43. The molecule has 0 aliphatic carbocycles. The third kappa shape index (κ3) is 3.95. The number of aliphatic hydroxyl groups is 2. The third-order valence-electron chi connectivity index (χ3n) is 3.88. The van der Waals surface area contributed by atoms with E-state index in [4.69, 9.17) is 10.2 Å². The van der Waals surface area contributed by atoms with Crippen molar-refractivity contribution in [2.75, 3.05) is 6.61 Å². The number of aliphatic carboxylic acids is 3. The van der Waals surface area contributed by atoms with Gasteiger partial charge < -0.3 is 25.5 Å². The summed E-state index contributed by atoms with van der Waals surface area (Å²) in [4.78, 5) is 34.0. The molecule has 0 aromatic rings. The van der Waals surface area contributed by atoms with Gasteiger partial charge in [-0.15, -0.1) is 0 Å². The van der Waals surface area contributed by atoms with Crippen LogP contribution in [0.2, 0.25) is 0 Å². The maximum atomic E-state index is 11.5. The number of hydrogen-bond donors (Lipinski definition) is 5. The van der Waals surface area contributed by atoms with E-state index in [1.54, 1.807) is 6.92 Å². The zero-order chi connectivity index (χ0) is 18.1.